The van der Waals surface area contributed by atoms with Crippen molar-refractivity contribution in [2.24, 2.45) is 0 Å². The van der Waals surface area contributed by atoms with Crippen molar-refractivity contribution in [1.82, 2.24) is 9.88 Å². The third kappa shape index (κ3) is 4.04. The molecule has 16 heavy (non-hydrogen) atoms. The number of hydrogen-bond acceptors (Lipinski definition) is 3. The smallest absolute Gasteiger partial charge is 0.222 e. The summed E-state index contributed by atoms with van der Waals surface area (Å²) < 4.78 is 4.87. The van der Waals surface area contributed by atoms with Crippen LogP contribution in [0, 0.1) is 0 Å². The molecule has 0 aliphatic carbocycles. The molecule has 0 atom stereocenters. The lowest BCUT2D eigenvalue weighted by atomic mass is 10.2. The van der Waals surface area contributed by atoms with E-state index < -0.39 is 0 Å². The summed E-state index contributed by atoms with van der Waals surface area (Å²) in [5, 5.41) is 0. The van der Waals surface area contributed by atoms with E-state index in [0.717, 1.165) is 31.6 Å². The fourth-order valence-corrected chi connectivity index (χ4v) is 1.66. The van der Waals surface area contributed by atoms with Gasteiger partial charge in [0, 0.05) is 25.9 Å². The first-order valence-electron chi connectivity index (χ1n) is 5.92. The van der Waals surface area contributed by atoms with Gasteiger partial charge in [0.1, 0.15) is 6.26 Å². The Kier molecular flexibility index (Phi) is 5.61. The first kappa shape index (κ1) is 12.7. The summed E-state index contributed by atoms with van der Waals surface area (Å²) in [4.78, 5) is 17.8. The minimum atomic E-state index is 0.215. The van der Waals surface area contributed by atoms with E-state index in [4.69, 9.17) is 4.42 Å². The molecule has 0 N–H and O–H groups in total. The summed E-state index contributed by atoms with van der Waals surface area (Å²) in [6, 6.07) is 0. The molecule has 1 heterocycles. The number of aryl methyl sites for hydroxylation is 1. The number of oxazole rings is 1. The first-order chi connectivity index (χ1) is 7.77. The lowest BCUT2D eigenvalue weighted by Gasteiger charge is -2.21. The molecular formula is C12H20N2O2. The van der Waals surface area contributed by atoms with E-state index in [2.05, 4.69) is 18.8 Å². The van der Waals surface area contributed by atoms with Gasteiger partial charge < -0.3 is 9.32 Å². The molecule has 0 fully saturated rings. The predicted molar refractivity (Wildman–Crippen MR) is 62.0 cm³/mol. The molecule has 0 spiro atoms. The van der Waals surface area contributed by atoms with Gasteiger partial charge in [-0.1, -0.05) is 13.8 Å². The van der Waals surface area contributed by atoms with Crippen LogP contribution in [0.3, 0.4) is 0 Å². The second kappa shape index (κ2) is 7.04. The molecule has 0 radical (unpaired) electrons. The van der Waals surface area contributed by atoms with E-state index in [1.54, 1.807) is 6.26 Å². The zero-order valence-corrected chi connectivity index (χ0v) is 10.1. The molecule has 4 heteroatoms. The van der Waals surface area contributed by atoms with Crippen LogP contribution < -0.4 is 0 Å². The molecule has 0 bridgehead atoms. The number of carbonyl (C=O) groups is 1. The quantitative estimate of drug-likeness (QED) is 0.713. The van der Waals surface area contributed by atoms with Gasteiger partial charge in [0.15, 0.2) is 6.39 Å². The third-order valence-electron chi connectivity index (χ3n) is 2.42. The molecule has 0 unspecified atom stereocenters. The van der Waals surface area contributed by atoms with Crippen LogP contribution in [0.25, 0.3) is 0 Å². The first-order valence-corrected chi connectivity index (χ1v) is 5.92. The lowest BCUT2D eigenvalue weighted by Crippen LogP contribution is -2.32. The Morgan fingerprint density at radius 2 is 2.06 bits per heavy atom. The number of nitrogens with zero attached hydrogens (tertiary/aromatic N) is 2. The van der Waals surface area contributed by atoms with Crippen molar-refractivity contribution in [2.45, 2.75) is 39.5 Å². The SMILES string of the molecule is CCCN(CCC)C(=O)CCc1cocn1. The summed E-state index contributed by atoms with van der Waals surface area (Å²) in [6.07, 6.45) is 6.20. The van der Waals surface area contributed by atoms with E-state index in [9.17, 15) is 4.79 Å². The average Bonchev–Trinajstić information content (AvgIpc) is 2.78. The number of amides is 1. The highest BCUT2D eigenvalue weighted by Crippen LogP contribution is 2.04. The normalized spacial score (nSPS) is 10.4. The van der Waals surface area contributed by atoms with E-state index in [1.165, 1.54) is 6.39 Å². The van der Waals surface area contributed by atoms with Crippen LogP contribution >= 0.6 is 0 Å². The maximum absolute atomic E-state index is 11.9. The van der Waals surface area contributed by atoms with E-state index in [-0.39, 0.29) is 5.91 Å². The largest absolute Gasteiger partial charge is 0.451 e. The van der Waals surface area contributed by atoms with Gasteiger partial charge in [0.25, 0.3) is 0 Å². The standard InChI is InChI=1S/C12H20N2O2/c1-3-7-14(8-4-2)12(15)6-5-11-9-16-10-13-11/h9-10H,3-8H2,1-2H3. The Hall–Kier alpha value is -1.32. The van der Waals surface area contributed by atoms with Crippen LogP contribution in [0.2, 0.25) is 0 Å². The van der Waals surface area contributed by atoms with Crippen LogP contribution in [0.15, 0.2) is 17.1 Å². The molecule has 0 aromatic carbocycles. The number of hydrogen-bond donors (Lipinski definition) is 0. The maximum atomic E-state index is 11.9. The molecule has 1 aromatic heterocycles. The van der Waals surface area contributed by atoms with E-state index >= 15 is 0 Å². The Morgan fingerprint density at radius 3 is 2.56 bits per heavy atom. The Bertz CT molecular complexity index is 290. The van der Waals surface area contributed by atoms with Crippen molar-refractivity contribution < 1.29 is 9.21 Å². The van der Waals surface area contributed by atoms with Crippen LogP contribution in [0.5, 0.6) is 0 Å². The van der Waals surface area contributed by atoms with E-state index in [1.807, 2.05) is 4.90 Å². The van der Waals surface area contributed by atoms with Crippen molar-refractivity contribution >= 4 is 5.91 Å². The molecule has 0 saturated heterocycles. The molecule has 4 nitrogen and oxygen atoms in total. The number of aromatic nitrogens is 1. The van der Waals surface area contributed by atoms with Crippen molar-refractivity contribution in [3.05, 3.63) is 18.4 Å². The van der Waals surface area contributed by atoms with E-state index in [0.29, 0.717) is 12.8 Å². The molecule has 0 aliphatic rings. The molecule has 1 rings (SSSR count). The van der Waals surface area contributed by atoms with Gasteiger partial charge in [-0.3, -0.25) is 4.79 Å². The third-order valence-corrected chi connectivity index (χ3v) is 2.42. The Balaban J connectivity index is 2.36. The van der Waals surface area contributed by atoms with Crippen LogP contribution in [0.1, 0.15) is 38.8 Å². The van der Waals surface area contributed by atoms with Gasteiger partial charge in [-0.05, 0) is 12.8 Å². The number of carbonyl (C=O) groups excluding carboxylic acids is 1. The van der Waals surface area contributed by atoms with Gasteiger partial charge in [-0.15, -0.1) is 0 Å². The van der Waals surface area contributed by atoms with Gasteiger partial charge in [-0.2, -0.15) is 0 Å². The Labute approximate surface area is 96.7 Å². The molecule has 0 aliphatic heterocycles. The molecule has 1 aromatic rings. The van der Waals surface area contributed by atoms with Crippen LogP contribution in [0.4, 0.5) is 0 Å². The Morgan fingerprint density at radius 1 is 1.38 bits per heavy atom. The van der Waals surface area contributed by atoms with Crippen LogP contribution in [-0.4, -0.2) is 28.9 Å². The zero-order chi connectivity index (χ0) is 11.8. The van der Waals surface area contributed by atoms with Crippen molar-refractivity contribution in [3.8, 4) is 0 Å². The fraction of sp³-hybridized carbons (Fsp3) is 0.667. The van der Waals surface area contributed by atoms with Crippen molar-refractivity contribution in [3.63, 3.8) is 0 Å². The summed E-state index contributed by atoms with van der Waals surface area (Å²) in [6.45, 7) is 5.89. The molecule has 0 saturated carbocycles. The molecule has 90 valence electrons. The summed E-state index contributed by atoms with van der Waals surface area (Å²) >= 11 is 0. The summed E-state index contributed by atoms with van der Waals surface area (Å²) in [7, 11) is 0. The minimum absolute atomic E-state index is 0.215. The second-order valence-corrected chi connectivity index (χ2v) is 3.86. The number of rotatable bonds is 7. The highest BCUT2D eigenvalue weighted by Gasteiger charge is 2.11. The fourth-order valence-electron chi connectivity index (χ4n) is 1.66. The molecular weight excluding hydrogens is 204 g/mol. The van der Waals surface area contributed by atoms with Gasteiger partial charge in [-0.25, -0.2) is 4.98 Å². The second-order valence-electron chi connectivity index (χ2n) is 3.86. The highest BCUT2D eigenvalue weighted by molar-refractivity contribution is 5.76. The van der Waals surface area contributed by atoms with Gasteiger partial charge in [0.2, 0.25) is 5.91 Å². The summed E-state index contributed by atoms with van der Waals surface area (Å²) in [5.74, 6) is 0.215. The monoisotopic (exact) mass is 224 g/mol. The van der Waals surface area contributed by atoms with Crippen molar-refractivity contribution in [1.29, 1.82) is 0 Å². The average molecular weight is 224 g/mol. The van der Waals surface area contributed by atoms with Gasteiger partial charge in [0.05, 0.1) is 5.69 Å². The summed E-state index contributed by atoms with van der Waals surface area (Å²) in [5.41, 5.74) is 0.848. The molecule has 1 amide bonds. The van der Waals surface area contributed by atoms with Gasteiger partial charge >= 0.3 is 0 Å². The predicted octanol–water partition coefficient (Wildman–Crippen LogP) is 2.26. The van der Waals surface area contributed by atoms with Crippen molar-refractivity contribution in [2.75, 3.05) is 13.1 Å². The lowest BCUT2D eigenvalue weighted by molar-refractivity contribution is -0.131. The topological polar surface area (TPSA) is 46.3 Å². The van der Waals surface area contributed by atoms with Crippen LogP contribution in [-0.2, 0) is 11.2 Å². The zero-order valence-electron chi connectivity index (χ0n) is 10.1. The maximum Gasteiger partial charge on any atom is 0.222 e. The minimum Gasteiger partial charge on any atom is -0.451 e. The highest BCUT2D eigenvalue weighted by atomic mass is 16.3.